The molecule has 2 N–H and O–H groups in total. The molecule has 0 bridgehead atoms. The number of anilines is 3. The quantitative estimate of drug-likeness (QED) is 0.403. The molecule has 0 spiro atoms. The first-order valence-electron chi connectivity index (χ1n) is 11.8. The van der Waals surface area contributed by atoms with Gasteiger partial charge >= 0.3 is 0 Å². The predicted octanol–water partition coefficient (Wildman–Crippen LogP) is 3.18. The summed E-state index contributed by atoms with van der Waals surface area (Å²) in [5, 5.41) is 7.60. The molecular formula is C26H30N8O. The van der Waals surface area contributed by atoms with Crippen LogP contribution >= 0.6 is 0 Å². The standard InChI is InChI=1S/C26H30N8O/c1-33(2)14-15-35-21-8-9-28-23(16-21)22-5-3-4-19-17-30-26(32-25(19)22)31-20-6-7-24(29-18-20)34-12-10-27-11-13-34/h3-9,16-18,27H,10-15H2,1-2H3,(H,30,31,32). The normalized spacial score (nSPS) is 13.9. The highest BCUT2D eigenvalue weighted by Gasteiger charge is 2.12. The van der Waals surface area contributed by atoms with Crippen LogP contribution in [0, 0.1) is 0 Å². The number of nitrogens with one attached hydrogen (secondary N) is 2. The van der Waals surface area contributed by atoms with Crippen LogP contribution in [0.5, 0.6) is 5.75 Å². The lowest BCUT2D eigenvalue weighted by atomic mass is 10.1. The van der Waals surface area contributed by atoms with E-state index in [1.807, 2.05) is 69.0 Å². The van der Waals surface area contributed by atoms with Crippen LogP contribution in [0.2, 0.25) is 0 Å². The number of piperazine rings is 1. The van der Waals surface area contributed by atoms with Crippen LogP contribution in [0.1, 0.15) is 0 Å². The van der Waals surface area contributed by atoms with Gasteiger partial charge in [0, 0.05) is 62.1 Å². The Labute approximate surface area is 205 Å². The van der Waals surface area contributed by atoms with Crippen molar-refractivity contribution in [3.8, 4) is 17.0 Å². The second-order valence-corrected chi connectivity index (χ2v) is 8.73. The molecule has 5 rings (SSSR count). The minimum absolute atomic E-state index is 0.514. The molecule has 0 unspecified atom stereocenters. The molecule has 1 fully saturated rings. The Bertz CT molecular complexity index is 1270. The highest BCUT2D eigenvalue weighted by Crippen LogP contribution is 2.29. The number of aromatic nitrogens is 4. The summed E-state index contributed by atoms with van der Waals surface area (Å²) >= 11 is 0. The lowest BCUT2D eigenvalue weighted by Gasteiger charge is -2.28. The summed E-state index contributed by atoms with van der Waals surface area (Å²) in [5.41, 5.74) is 3.41. The molecule has 4 heterocycles. The van der Waals surface area contributed by atoms with Crippen molar-refractivity contribution >= 4 is 28.4 Å². The molecule has 0 radical (unpaired) electrons. The van der Waals surface area contributed by atoms with Crippen molar-refractivity contribution in [3.63, 3.8) is 0 Å². The van der Waals surface area contributed by atoms with Gasteiger partial charge in [-0.05, 0) is 32.3 Å². The number of benzene rings is 1. The van der Waals surface area contributed by atoms with E-state index in [4.69, 9.17) is 9.72 Å². The van der Waals surface area contributed by atoms with E-state index in [0.29, 0.717) is 12.6 Å². The minimum Gasteiger partial charge on any atom is -0.492 e. The van der Waals surface area contributed by atoms with Gasteiger partial charge in [-0.25, -0.2) is 15.0 Å². The number of hydrogen-bond donors (Lipinski definition) is 2. The molecule has 1 saturated heterocycles. The van der Waals surface area contributed by atoms with Gasteiger partial charge in [0.05, 0.1) is 23.1 Å². The summed E-state index contributed by atoms with van der Waals surface area (Å²) in [4.78, 5) is 22.9. The lowest BCUT2D eigenvalue weighted by Crippen LogP contribution is -2.43. The van der Waals surface area contributed by atoms with Crippen LogP contribution in [0.15, 0.2) is 61.1 Å². The average Bonchev–Trinajstić information content (AvgIpc) is 2.89. The molecule has 9 nitrogen and oxygen atoms in total. The Kier molecular flexibility index (Phi) is 6.97. The summed E-state index contributed by atoms with van der Waals surface area (Å²) in [7, 11) is 4.05. The monoisotopic (exact) mass is 470 g/mol. The fraction of sp³-hybridized carbons (Fsp3) is 0.308. The molecule has 1 aliphatic heterocycles. The summed E-state index contributed by atoms with van der Waals surface area (Å²) in [6.45, 7) is 5.35. The van der Waals surface area contributed by atoms with Crippen LogP contribution in [-0.2, 0) is 0 Å². The fourth-order valence-electron chi connectivity index (χ4n) is 3.99. The third-order valence-corrected chi connectivity index (χ3v) is 5.87. The highest BCUT2D eigenvalue weighted by molar-refractivity contribution is 5.93. The van der Waals surface area contributed by atoms with Crippen LogP contribution in [0.3, 0.4) is 0 Å². The smallest absolute Gasteiger partial charge is 0.227 e. The van der Waals surface area contributed by atoms with Gasteiger partial charge in [0.1, 0.15) is 18.2 Å². The molecule has 1 aromatic carbocycles. The summed E-state index contributed by atoms with van der Waals surface area (Å²) in [6.07, 6.45) is 5.42. The first-order chi connectivity index (χ1) is 17.2. The minimum atomic E-state index is 0.514. The molecule has 180 valence electrons. The molecule has 0 atom stereocenters. The van der Waals surface area contributed by atoms with Gasteiger partial charge in [0.15, 0.2) is 0 Å². The molecular weight excluding hydrogens is 440 g/mol. The average molecular weight is 471 g/mol. The van der Waals surface area contributed by atoms with Crippen molar-refractivity contribution in [1.82, 2.24) is 30.2 Å². The van der Waals surface area contributed by atoms with Crippen LogP contribution in [0.4, 0.5) is 17.5 Å². The SMILES string of the molecule is CN(C)CCOc1ccnc(-c2cccc3cnc(Nc4ccc(N5CCNCC5)nc4)nc23)c1. The molecule has 1 aliphatic rings. The highest BCUT2D eigenvalue weighted by atomic mass is 16.5. The number of ether oxygens (including phenoxy) is 1. The maximum absolute atomic E-state index is 5.91. The number of rotatable bonds is 8. The number of likely N-dealkylation sites (N-methyl/N-ethyl adjacent to an activating group) is 1. The molecule has 3 aromatic heterocycles. The van der Waals surface area contributed by atoms with Crippen LogP contribution < -0.4 is 20.3 Å². The summed E-state index contributed by atoms with van der Waals surface area (Å²) in [6, 6.07) is 13.9. The van der Waals surface area contributed by atoms with Gasteiger partial charge in [0.25, 0.3) is 0 Å². The number of fused-ring (bicyclic) bond motifs is 1. The van der Waals surface area contributed by atoms with E-state index in [2.05, 4.69) is 35.4 Å². The van der Waals surface area contributed by atoms with Gasteiger partial charge in [-0.3, -0.25) is 4.98 Å². The zero-order chi connectivity index (χ0) is 24.0. The number of nitrogens with zero attached hydrogens (tertiary/aromatic N) is 6. The molecule has 4 aromatic rings. The zero-order valence-electron chi connectivity index (χ0n) is 20.1. The van der Waals surface area contributed by atoms with E-state index >= 15 is 0 Å². The first kappa shape index (κ1) is 22.9. The van der Waals surface area contributed by atoms with E-state index in [0.717, 1.165) is 72.1 Å². The third kappa shape index (κ3) is 5.64. The van der Waals surface area contributed by atoms with Gasteiger partial charge in [0.2, 0.25) is 5.95 Å². The summed E-state index contributed by atoms with van der Waals surface area (Å²) < 4.78 is 5.91. The molecule has 9 heteroatoms. The Morgan fingerprint density at radius 1 is 1.03 bits per heavy atom. The van der Waals surface area contributed by atoms with E-state index in [1.54, 1.807) is 6.20 Å². The molecule has 0 amide bonds. The number of pyridine rings is 2. The van der Waals surface area contributed by atoms with E-state index in [9.17, 15) is 0 Å². The maximum Gasteiger partial charge on any atom is 0.227 e. The molecule has 35 heavy (non-hydrogen) atoms. The second kappa shape index (κ2) is 10.6. The van der Waals surface area contributed by atoms with Crippen molar-refractivity contribution in [2.24, 2.45) is 0 Å². The Morgan fingerprint density at radius 3 is 2.71 bits per heavy atom. The third-order valence-electron chi connectivity index (χ3n) is 5.87. The molecule has 0 aliphatic carbocycles. The fourth-order valence-corrected chi connectivity index (χ4v) is 3.99. The van der Waals surface area contributed by atoms with E-state index in [-0.39, 0.29) is 0 Å². The first-order valence-corrected chi connectivity index (χ1v) is 11.8. The Balaban J connectivity index is 1.37. The van der Waals surface area contributed by atoms with Crippen molar-refractivity contribution in [1.29, 1.82) is 0 Å². The zero-order valence-corrected chi connectivity index (χ0v) is 20.1. The van der Waals surface area contributed by atoms with Crippen molar-refractivity contribution in [3.05, 3.63) is 61.1 Å². The number of para-hydroxylation sites is 1. The Morgan fingerprint density at radius 2 is 1.91 bits per heavy atom. The van der Waals surface area contributed by atoms with Gasteiger partial charge in [-0.1, -0.05) is 18.2 Å². The Hall–Kier alpha value is -3.82. The molecule has 0 saturated carbocycles. The van der Waals surface area contributed by atoms with Crippen molar-refractivity contribution in [2.45, 2.75) is 0 Å². The van der Waals surface area contributed by atoms with Gasteiger partial charge in [-0.15, -0.1) is 0 Å². The number of hydrogen-bond acceptors (Lipinski definition) is 9. The van der Waals surface area contributed by atoms with Crippen molar-refractivity contribution in [2.75, 3.05) is 63.6 Å². The maximum atomic E-state index is 5.91. The largest absolute Gasteiger partial charge is 0.492 e. The van der Waals surface area contributed by atoms with E-state index in [1.165, 1.54) is 0 Å². The van der Waals surface area contributed by atoms with Gasteiger partial charge < -0.3 is 25.2 Å². The lowest BCUT2D eigenvalue weighted by molar-refractivity contribution is 0.261. The van der Waals surface area contributed by atoms with E-state index < -0.39 is 0 Å². The summed E-state index contributed by atoms with van der Waals surface area (Å²) in [5.74, 6) is 2.29. The second-order valence-electron chi connectivity index (χ2n) is 8.73. The van der Waals surface area contributed by atoms with Crippen LogP contribution in [-0.4, -0.2) is 78.3 Å². The van der Waals surface area contributed by atoms with Gasteiger partial charge in [-0.2, -0.15) is 0 Å². The van der Waals surface area contributed by atoms with Crippen LogP contribution in [0.25, 0.3) is 22.2 Å². The predicted molar refractivity (Wildman–Crippen MR) is 139 cm³/mol. The topological polar surface area (TPSA) is 91.3 Å². The van der Waals surface area contributed by atoms with Crippen molar-refractivity contribution < 1.29 is 4.74 Å².